The van der Waals surface area contributed by atoms with Gasteiger partial charge in [0, 0.05) is 24.3 Å². The van der Waals surface area contributed by atoms with Gasteiger partial charge in [0.1, 0.15) is 0 Å². The first-order valence-electron chi connectivity index (χ1n) is 6.77. The monoisotopic (exact) mass is 295 g/mol. The van der Waals surface area contributed by atoms with E-state index in [1.807, 2.05) is 41.9 Å². The van der Waals surface area contributed by atoms with Crippen molar-refractivity contribution in [2.24, 2.45) is 0 Å². The number of thiazole rings is 1. The fraction of sp³-hybridized carbons (Fsp3) is 0.125. The van der Waals surface area contributed by atoms with Crippen LogP contribution in [0.3, 0.4) is 0 Å². The van der Waals surface area contributed by atoms with Crippen LogP contribution in [0.15, 0.2) is 41.9 Å². The summed E-state index contributed by atoms with van der Waals surface area (Å²) in [5, 5.41) is 6.23. The van der Waals surface area contributed by atoms with Crippen molar-refractivity contribution in [2.75, 3.05) is 5.32 Å². The van der Waals surface area contributed by atoms with E-state index < -0.39 is 0 Å². The van der Waals surface area contributed by atoms with Gasteiger partial charge in [-0.1, -0.05) is 6.07 Å². The molecule has 2 heterocycles. The quantitative estimate of drug-likeness (QED) is 0.763. The van der Waals surface area contributed by atoms with Crippen molar-refractivity contribution in [3.63, 3.8) is 0 Å². The SMILES string of the molecule is O=C(Nc1ccc2ncsc2c1)c1ccc2c(c1)CNC2. The molecule has 0 saturated carbocycles. The van der Waals surface area contributed by atoms with Gasteiger partial charge in [-0.15, -0.1) is 11.3 Å². The van der Waals surface area contributed by atoms with Crippen molar-refractivity contribution < 1.29 is 4.79 Å². The lowest BCUT2D eigenvalue weighted by Crippen LogP contribution is -2.12. The zero-order chi connectivity index (χ0) is 14.2. The van der Waals surface area contributed by atoms with Crippen LogP contribution in [0.4, 0.5) is 5.69 Å². The van der Waals surface area contributed by atoms with Gasteiger partial charge in [0.05, 0.1) is 15.7 Å². The molecule has 0 aliphatic carbocycles. The third-order valence-electron chi connectivity index (χ3n) is 3.69. The number of amides is 1. The number of rotatable bonds is 2. The molecule has 1 aliphatic heterocycles. The van der Waals surface area contributed by atoms with Gasteiger partial charge < -0.3 is 10.6 Å². The van der Waals surface area contributed by atoms with E-state index in [0.29, 0.717) is 5.56 Å². The number of carbonyl (C=O) groups excluding carboxylic acids is 1. The molecule has 0 fully saturated rings. The molecule has 1 aromatic heterocycles. The van der Waals surface area contributed by atoms with E-state index in [9.17, 15) is 4.79 Å². The van der Waals surface area contributed by atoms with E-state index >= 15 is 0 Å². The first-order chi connectivity index (χ1) is 10.3. The van der Waals surface area contributed by atoms with Crippen LogP contribution in [0.25, 0.3) is 10.2 Å². The number of anilines is 1. The van der Waals surface area contributed by atoms with Gasteiger partial charge in [0.15, 0.2) is 0 Å². The predicted molar refractivity (Wildman–Crippen MR) is 84.6 cm³/mol. The highest BCUT2D eigenvalue weighted by atomic mass is 32.1. The van der Waals surface area contributed by atoms with Gasteiger partial charge in [-0.2, -0.15) is 0 Å². The molecule has 2 aromatic carbocycles. The highest BCUT2D eigenvalue weighted by Crippen LogP contribution is 2.23. The Morgan fingerprint density at radius 1 is 1.14 bits per heavy atom. The average Bonchev–Trinajstić information content (AvgIpc) is 3.14. The van der Waals surface area contributed by atoms with Crippen LogP contribution in [0.5, 0.6) is 0 Å². The highest BCUT2D eigenvalue weighted by Gasteiger charge is 2.13. The third kappa shape index (κ3) is 2.30. The first kappa shape index (κ1) is 12.5. The van der Waals surface area contributed by atoms with Crippen molar-refractivity contribution in [1.29, 1.82) is 0 Å². The summed E-state index contributed by atoms with van der Waals surface area (Å²) < 4.78 is 1.07. The minimum atomic E-state index is -0.0754. The van der Waals surface area contributed by atoms with Crippen molar-refractivity contribution >= 4 is 33.1 Å². The Labute approximate surface area is 125 Å². The summed E-state index contributed by atoms with van der Waals surface area (Å²) in [6, 6.07) is 11.6. The van der Waals surface area contributed by atoms with Gasteiger partial charge in [0.2, 0.25) is 0 Å². The van der Waals surface area contributed by atoms with Crippen molar-refractivity contribution in [2.45, 2.75) is 13.1 Å². The Balaban J connectivity index is 1.59. The Kier molecular flexibility index (Phi) is 2.94. The topological polar surface area (TPSA) is 54.0 Å². The molecule has 21 heavy (non-hydrogen) atoms. The maximum atomic E-state index is 12.3. The van der Waals surface area contributed by atoms with Crippen LogP contribution in [0, 0.1) is 0 Å². The zero-order valence-electron chi connectivity index (χ0n) is 11.2. The largest absolute Gasteiger partial charge is 0.322 e. The maximum Gasteiger partial charge on any atom is 0.255 e. The number of carbonyl (C=O) groups is 1. The fourth-order valence-corrected chi connectivity index (χ4v) is 3.29. The number of hydrogen-bond acceptors (Lipinski definition) is 4. The smallest absolute Gasteiger partial charge is 0.255 e. The Morgan fingerprint density at radius 3 is 3.00 bits per heavy atom. The normalized spacial score (nSPS) is 13.3. The lowest BCUT2D eigenvalue weighted by Gasteiger charge is -2.07. The molecule has 4 nitrogen and oxygen atoms in total. The van der Waals surface area contributed by atoms with Crippen LogP contribution >= 0.6 is 11.3 Å². The van der Waals surface area contributed by atoms with Gasteiger partial charge in [-0.05, 0) is 41.5 Å². The van der Waals surface area contributed by atoms with Gasteiger partial charge in [0.25, 0.3) is 5.91 Å². The minimum Gasteiger partial charge on any atom is -0.322 e. The van der Waals surface area contributed by atoms with Gasteiger partial charge >= 0.3 is 0 Å². The first-order valence-corrected chi connectivity index (χ1v) is 7.65. The number of aromatic nitrogens is 1. The molecule has 0 unspecified atom stereocenters. The summed E-state index contributed by atoms with van der Waals surface area (Å²) in [5.74, 6) is -0.0754. The number of fused-ring (bicyclic) bond motifs is 2. The molecular formula is C16H13N3OS. The van der Waals surface area contributed by atoms with Gasteiger partial charge in [-0.3, -0.25) is 4.79 Å². The second kappa shape index (κ2) is 4.95. The van der Waals surface area contributed by atoms with Crippen molar-refractivity contribution in [3.8, 4) is 0 Å². The predicted octanol–water partition coefficient (Wildman–Crippen LogP) is 3.15. The molecule has 0 atom stereocenters. The molecule has 3 aromatic rings. The number of hydrogen-bond donors (Lipinski definition) is 2. The summed E-state index contributed by atoms with van der Waals surface area (Å²) in [5.41, 5.74) is 6.75. The minimum absolute atomic E-state index is 0.0754. The average molecular weight is 295 g/mol. The van der Waals surface area contributed by atoms with E-state index in [1.54, 1.807) is 11.3 Å². The standard InChI is InChI=1S/C16H13N3OS/c20-16(10-1-2-11-7-17-8-12(11)5-10)19-13-3-4-14-15(6-13)21-9-18-14/h1-6,9,17H,7-8H2,(H,19,20). The van der Waals surface area contributed by atoms with E-state index in [4.69, 9.17) is 0 Å². The molecule has 1 amide bonds. The van der Waals surface area contributed by atoms with Crippen LogP contribution in [-0.2, 0) is 13.1 Å². The maximum absolute atomic E-state index is 12.3. The van der Waals surface area contributed by atoms with E-state index in [0.717, 1.165) is 29.0 Å². The number of benzene rings is 2. The fourth-order valence-electron chi connectivity index (χ4n) is 2.57. The second-order valence-corrected chi connectivity index (χ2v) is 5.96. The molecule has 1 aliphatic rings. The van der Waals surface area contributed by atoms with E-state index in [-0.39, 0.29) is 5.91 Å². The van der Waals surface area contributed by atoms with Crippen LogP contribution in [0.2, 0.25) is 0 Å². The molecule has 0 bridgehead atoms. The van der Waals surface area contributed by atoms with Crippen molar-refractivity contribution in [3.05, 3.63) is 58.6 Å². The lowest BCUT2D eigenvalue weighted by atomic mass is 10.1. The second-order valence-electron chi connectivity index (χ2n) is 5.08. The molecular weight excluding hydrogens is 282 g/mol. The summed E-state index contributed by atoms with van der Waals surface area (Å²) in [6.07, 6.45) is 0. The van der Waals surface area contributed by atoms with E-state index in [2.05, 4.69) is 15.6 Å². The van der Waals surface area contributed by atoms with Crippen LogP contribution in [-0.4, -0.2) is 10.9 Å². The highest BCUT2D eigenvalue weighted by molar-refractivity contribution is 7.16. The molecule has 5 heteroatoms. The molecule has 0 radical (unpaired) electrons. The Hall–Kier alpha value is -2.24. The molecule has 0 saturated heterocycles. The zero-order valence-corrected chi connectivity index (χ0v) is 12.0. The summed E-state index contributed by atoms with van der Waals surface area (Å²) in [7, 11) is 0. The molecule has 2 N–H and O–H groups in total. The van der Waals surface area contributed by atoms with Crippen molar-refractivity contribution in [1.82, 2.24) is 10.3 Å². The van der Waals surface area contributed by atoms with Crippen LogP contribution < -0.4 is 10.6 Å². The van der Waals surface area contributed by atoms with E-state index in [1.165, 1.54) is 11.1 Å². The summed E-state index contributed by atoms with van der Waals surface area (Å²) >= 11 is 1.57. The number of nitrogens with zero attached hydrogens (tertiary/aromatic N) is 1. The Morgan fingerprint density at radius 2 is 2.05 bits per heavy atom. The molecule has 104 valence electrons. The van der Waals surface area contributed by atoms with Crippen LogP contribution in [0.1, 0.15) is 21.5 Å². The molecule has 0 spiro atoms. The van der Waals surface area contributed by atoms with Gasteiger partial charge in [-0.25, -0.2) is 4.98 Å². The number of nitrogens with one attached hydrogen (secondary N) is 2. The summed E-state index contributed by atoms with van der Waals surface area (Å²) in [6.45, 7) is 1.72. The third-order valence-corrected chi connectivity index (χ3v) is 4.48. The molecule has 4 rings (SSSR count). The lowest BCUT2D eigenvalue weighted by molar-refractivity contribution is 0.102. The summed E-state index contributed by atoms with van der Waals surface area (Å²) in [4.78, 5) is 16.6. The Bertz CT molecular complexity index is 840.